The molecule has 0 bridgehead atoms. The number of rotatable bonds is 6. The summed E-state index contributed by atoms with van der Waals surface area (Å²) in [6.07, 6.45) is 5.25. The van der Waals surface area contributed by atoms with E-state index in [4.69, 9.17) is 14.8 Å². The summed E-state index contributed by atoms with van der Waals surface area (Å²) in [7, 11) is 4.11. The maximum Gasteiger partial charge on any atom is 0.182 e. The summed E-state index contributed by atoms with van der Waals surface area (Å²) >= 11 is 0. The number of piperidine rings is 1. The molecule has 7 heteroatoms. The molecule has 1 aliphatic heterocycles. The van der Waals surface area contributed by atoms with Gasteiger partial charge < -0.3 is 9.64 Å². The number of hydrogen-bond donors (Lipinski definition) is 0. The normalized spacial score (nSPS) is 15.8. The molecule has 3 heterocycles. The van der Waals surface area contributed by atoms with Crippen molar-refractivity contribution in [1.82, 2.24) is 29.4 Å². The molecule has 1 aromatic carbocycles. The predicted octanol–water partition coefficient (Wildman–Crippen LogP) is 2.95. The summed E-state index contributed by atoms with van der Waals surface area (Å²) in [4.78, 5) is 7.31. The van der Waals surface area contributed by atoms with Crippen LogP contribution in [-0.4, -0.2) is 56.2 Å². The second kappa shape index (κ2) is 8.14. The van der Waals surface area contributed by atoms with Crippen molar-refractivity contribution in [3.63, 3.8) is 0 Å². The van der Waals surface area contributed by atoms with E-state index in [0.29, 0.717) is 12.5 Å². The maximum absolute atomic E-state index is 5.64. The van der Waals surface area contributed by atoms with E-state index >= 15 is 0 Å². The molecule has 0 saturated carbocycles. The van der Waals surface area contributed by atoms with Gasteiger partial charge in [0.1, 0.15) is 11.6 Å². The second-order valence-electron chi connectivity index (χ2n) is 7.52. The van der Waals surface area contributed by atoms with Crippen LogP contribution in [0.3, 0.4) is 0 Å². The fourth-order valence-corrected chi connectivity index (χ4v) is 3.71. The van der Waals surface area contributed by atoms with Crippen LogP contribution in [0.4, 0.5) is 0 Å². The van der Waals surface area contributed by atoms with Crippen molar-refractivity contribution in [2.45, 2.75) is 26.2 Å². The highest BCUT2D eigenvalue weighted by Gasteiger charge is 2.22. The molecule has 1 aliphatic rings. The van der Waals surface area contributed by atoms with E-state index < -0.39 is 0 Å². The van der Waals surface area contributed by atoms with Gasteiger partial charge in [-0.2, -0.15) is 9.78 Å². The molecule has 7 nitrogen and oxygen atoms in total. The topological polar surface area (TPSA) is 61.0 Å². The first kappa shape index (κ1) is 18.7. The van der Waals surface area contributed by atoms with Gasteiger partial charge in [-0.15, -0.1) is 5.10 Å². The highest BCUT2D eigenvalue weighted by Crippen LogP contribution is 2.25. The molecule has 0 N–H and O–H groups in total. The zero-order chi connectivity index (χ0) is 19.5. The molecule has 148 valence electrons. The van der Waals surface area contributed by atoms with Crippen LogP contribution in [0.2, 0.25) is 0 Å². The Morgan fingerprint density at radius 1 is 1.11 bits per heavy atom. The molecule has 4 rings (SSSR count). The van der Waals surface area contributed by atoms with Crippen molar-refractivity contribution in [2.24, 2.45) is 13.0 Å². The number of hydrogen-bond acceptors (Lipinski definition) is 5. The fourth-order valence-electron chi connectivity index (χ4n) is 3.71. The summed E-state index contributed by atoms with van der Waals surface area (Å²) < 4.78 is 9.34. The number of benzene rings is 1. The summed E-state index contributed by atoms with van der Waals surface area (Å²) in [6, 6.07) is 9.95. The van der Waals surface area contributed by atoms with Crippen molar-refractivity contribution in [1.29, 1.82) is 0 Å². The first-order valence-electron chi connectivity index (χ1n) is 10.00. The Kier molecular flexibility index (Phi) is 5.43. The lowest BCUT2D eigenvalue weighted by atomic mass is 9.93. The number of ether oxygens (including phenoxy) is 1. The smallest absolute Gasteiger partial charge is 0.182 e. The van der Waals surface area contributed by atoms with Crippen LogP contribution in [0.15, 0.2) is 36.5 Å². The quantitative estimate of drug-likeness (QED) is 0.658. The lowest BCUT2D eigenvalue weighted by Gasteiger charge is -2.28. The minimum atomic E-state index is 0.630. The number of likely N-dealkylation sites (tertiary alicyclic amines) is 1. The first-order valence-corrected chi connectivity index (χ1v) is 10.00. The Morgan fingerprint density at radius 3 is 2.64 bits per heavy atom. The van der Waals surface area contributed by atoms with Crippen molar-refractivity contribution >= 4 is 0 Å². The minimum Gasteiger partial charge on any atom is -0.494 e. The average Bonchev–Trinajstić information content (AvgIpc) is 3.30. The molecule has 28 heavy (non-hydrogen) atoms. The molecule has 0 amide bonds. The molecular formula is C21H28N6O. The molecule has 0 atom stereocenters. The Hall–Kier alpha value is -2.67. The Bertz CT molecular complexity index is 923. The van der Waals surface area contributed by atoms with Crippen molar-refractivity contribution in [2.75, 3.05) is 26.7 Å². The van der Waals surface area contributed by atoms with E-state index in [1.54, 1.807) is 4.68 Å². The van der Waals surface area contributed by atoms with Crippen LogP contribution < -0.4 is 4.74 Å². The number of nitrogens with zero attached hydrogens (tertiary/aromatic N) is 6. The van der Waals surface area contributed by atoms with Gasteiger partial charge in [-0.3, -0.25) is 4.68 Å². The number of aromatic nitrogens is 5. The van der Waals surface area contributed by atoms with E-state index in [1.165, 1.54) is 12.8 Å². The van der Waals surface area contributed by atoms with E-state index in [1.807, 2.05) is 55.2 Å². The largest absolute Gasteiger partial charge is 0.494 e. The Labute approximate surface area is 165 Å². The molecule has 1 saturated heterocycles. The van der Waals surface area contributed by atoms with Gasteiger partial charge >= 0.3 is 0 Å². The lowest BCUT2D eigenvalue weighted by molar-refractivity contribution is 0.217. The van der Waals surface area contributed by atoms with Crippen LogP contribution in [0.1, 0.15) is 25.6 Å². The van der Waals surface area contributed by atoms with E-state index in [2.05, 4.69) is 17.0 Å². The standard InChI is InChI=1S/C21H28N6O/c1-4-28-18-7-5-6-17(15-18)21-22-20(14-16-8-11-25(2)12-9-16)27(24-21)19-10-13-26(3)23-19/h5-7,10,13,15-16H,4,8-9,11-12,14H2,1-3H3. The molecule has 0 radical (unpaired) electrons. The monoisotopic (exact) mass is 380 g/mol. The number of aryl methyl sites for hydroxylation is 1. The van der Waals surface area contributed by atoms with Gasteiger partial charge in [-0.05, 0) is 58.0 Å². The highest BCUT2D eigenvalue weighted by atomic mass is 16.5. The van der Waals surface area contributed by atoms with Gasteiger partial charge in [-0.1, -0.05) is 12.1 Å². The molecule has 0 unspecified atom stereocenters. The molecule has 3 aromatic rings. The SMILES string of the molecule is CCOc1cccc(-c2nc(CC3CCN(C)CC3)n(-c3ccn(C)n3)n2)c1. The maximum atomic E-state index is 5.64. The third-order valence-electron chi connectivity index (χ3n) is 5.30. The molecule has 0 spiro atoms. The Balaban J connectivity index is 1.67. The fraction of sp³-hybridized carbons (Fsp3) is 0.476. The molecule has 0 aliphatic carbocycles. The summed E-state index contributed by atoms with van der Waals surface area (Å²) in [5, 5.41) is 9.35. The van der Waals surface area contributed by atoms with Gasteiger partial charge in [0.05, 0.1) is 6.61 Å². The van der Waals surface area contributed by atoms with E-state index in [0.717, 1.165) is 48.3 Å². The summed E-state index contributed by atoms with van der Waals surface area (Å²) in [5.41, 5.74) is 0.963. The summed E-state index contributed by atoms with van der Waals surface area (Å²) in [5.74, 6) is 3.97. The third-order valence-corrected chi connectivity index (χ3v) is 5.30. The van der Waals surface area contributed by atoms with Crippen LogP contribution >= 0.6 is 0 Å². The van der Waals surface area contributed by atoms with Gasteiger partial charge in [0.15, 0.2) is 11.6 Å². The molecule has 1 fully saturated rings. The average molecular weight is 380 g/mol. The van der Waals surface area contributed by atoms with E-state index in [9.17, 15) is 0 Å². The summed E-state index contributed by atoms with van der Waals surface area (Å²) in [6.45, 7) is 4.92. The third kappa shape index (κ3) is 4.09. The van der Waals surface area contributed by atoms with Crippen LogP contribution in [0.5, 0.6) is 5.75 Å². The zero-order valence-electron chi connectivity index (χ0n) is 16.9. The molecular weight excluding hydrogens is 352 g/mol. The zero-order valence-corrected chi connectivity index (χ0v) is 16.9. The second-order valence-corrected chi connectivity index (χ2v) is 7.52. The Morgan fingerprint density at radius 2 is 1.93 bits per heavy atom. The van der Waals surface area contributed by atoms with Gasteiger partial charge in [0, 0.05) is 31.3 Å². The van der Waals surface area contributed by atoms with Crippen molar-refractivity contribution in [3.8, 4) is 23.0 Å². The minimum absolute atomic E-state index is 0.630. The first-order chi connectivity index (χ1) is 13.6. The van der Waals surface area contributed by atoms with Crippen molar-refractivity contribution in [3.05, 3.63) is 42.4 Å². The van der Waals surface area contributed by atoms with Gasteiger partial charge in [0.25, 0.3) is 0 Å². The van der Waals surface area contributed by atoms with Crippen LogP contribution in [0, 0.1) is 5.92 Å². The predicted molar refractivity (Wildman–Crippen MR) is 109 cm³/mol. The highest BCUT2D eigenvalue weighted by molar-refractivity contribution is 5.57. The molecule has 2 aromatic heterocycles. The van der Waals surface area contributed by atoms with Gasteiger partial charge in [-0.25, -0.2) is 4.98 Å². The van der Waals surface area contributed by atoms with E-state index in [-0.39, 0.29) is 0 Å². The lowest BCUT2D eigenvalue weighted by Crippen LogP contribution is -2.31. The van der Waals surface area contributed by atoms with Gasteiger partial charge in [0.2, 0.25) is 0 Å². The van der Waals surface area contributed by atoms with Crippen LogP contribution in [0.25, 0.3) is 17.2 Å². The van der Waals surface area contributed by atoms with Crippen molar-refractivity contribution < 1.29 is 4.74 Å². The van der Waals surface area contributed by atoms with Crippen LogP contribution in [-0.2, 0) is 13.5 Å².